The average molecular weight is 290 g/mol. The molecular weight excluding hydrogens is 276 g/mol. The molecule has 0 saturated heterocycles. The summed E-state index contributed by atoms with van der Waals surface area (Å²) in [5, 5.41) is 6.17. The summed E-state index contributed by atoms with van der Waals surface area (Å²) in [6, 6.07) is 6.44. The number of amides is 1. The fraction of sp³-hybridized carbons (Fsp3) is 0.154. The highest BCUT2D eigenvalue weighted by atomic mass is 16.5. The molecule has 2 rings (SSSR count). The predicted octanol–water partition coefficient (Wildman–Crippen LogP) is 0.0576. The van der Waals surface area contributed by atoms with Crippen LogP contribution in [-0.2, 0) is 0 Å². The highest BCUT2D eigenvalue weighted by molar-refractivity contribution is 5.94. The first-order valence-corrected chi connectivity index (χ1v) is 5.93. The van der Waals surface area contributed by atoms with E-state index in [4.69, 9.17) is 15.3 Å². The second-order valence-electron chi connectivity index (χ2n) is 4.04. The molecule has 1 aromatic carbocycles. The van der Waals surface area contributed by atoms with Crippen LogP contribution in [-0.4, -0.2) is 30.3 Å². The lowest BCUT2D eigenvalue weighted by Crippen LogP contribution is -2.34. The van der Waals surface area contributed by atoms with Gasteiger partial charge in [0.2, 0.25) is 0 Å². The van der Waals surface area contributed by atoms with Crippen molar-refractivity contribution in [1.29, 1.82) is 0 Å². The van der Waals surface area contributed by atoms with Crippen molar-refractivity contribution in [2.75, 3.05) is 14.2 Å². The first-order valence-electron chi connectivity index (χ1n) is 5.93. The van der Waals surface area contributed by atoms with Crippen LogP contribution in [0.1, 0.15) is 10.4 Å². The van der Waals surface area contributed by atoms with Gasteiger partial charge in [-0.15, -0.1) is 0 Å². The number of H-pyrrole nitrogens is 1. The Balaban J connectivity index is 2.61. The standard InChI is InChI=1S/C13H14N4O4/c1-20-7-3-4-11(21-2)8(5-7)10-6-9(12(18)15-14)13(19)17-16-10/h3-6H,14H2,1-2H3,(H,15,18)(H,17,19). The van der Waals surface area contributed by atoms with Crippen molar-refractivity contribution in [3.8, 4) is 22.8 Å². The van der Waals surface area contributed by atoms with Crippen LogP contribution in [0.4, 0.5) is 0 Å². The van der Waals surface area contributed by atoms with Gasteiger partial charge in [0.05, 0.1) is 19.9 Å². The first kappa shape index (κ1) is 14.5. The largest absolute Gasteiger partial charge is 0.497 e. The number of hydrogen-bond donors (Lipinski definition) is 3. The third kappa shape index (κ3) is 2.84. The minimum absolute atomic E-state index is 0.146. The number of rotatable bonds is 4. The van der Waals surface area contributed by atoms with E-state index in [2.05, 4.69) is 10.2 Å². The van der Waals surface area contributed by atoms with Gasteiger partial charge in [0.25, 0.3) is 11.5 Å². The lowest BCUT2D eigenvalue weighted by molar-refractivity contribution is 0.0952. The molecule has 8 nitrogen and oxygen atoms in total. The quantitative estimate of drug-likeness (QED) is 0.416. The van der Waals surface area contributed by atoms with Gasteiger partial charge in [-0.3, -0.25) is 15.0 Å². The van der Waals surface area contributed by atoms with E-state index in [-0.39, 0.29) is 5.56 Å². The Kier molecular flexibility index (Phi) is 4.19. The van der Waals surface area contributed by atoms with Crippen molar-refractivity contribution in [2.45, 2.75) is 0 Å². The number of hydrogen-bond acceptors (Lipinski definition) is 6. The molecule has 0 saturated carbocycles. The molecule has 4 N–H and O–H groups in total. The van der Waals surface area contributed by atoms with Gasteiger partial charge in [0.1, 0.15) is 17.1 Å². The van der Waals surface area contributed by atoms with Gasteiger partial charge in [-0.2, -0.15) is 5.10 Å². The van der Waals surface area contributed by atoms with Gasteiger partial charge in [0.15, 0.2) is 0 Å². The van der Waals surface area contributed by atoms with Crippen molar-refractivity contribution in [1.82, 2.24) is 15.6 Å². The Morgan fingerprint density at radius 1 is 1.29 bits per heavy atom. The molecule has 0 aliphatic rings. The number of benzene rings is 1. The van der Waals surface area contributed by atoms with Crippen LogP contribution in [0.2, 0.25) is 0 Å². The molecule has 110 valence electrons. The minimum Gasteiger partial charge on any atom is -0.497 e. The maximum Gasteiger partial charge on any atom is 0.277 e. The number of carbonyl (C=O) groups is 1. The first-order chi connectivity index (χ1) is 10.1. The van der Waals surface area contributed by atoms with Crippen LogP contribution in [0.15, 0.2) is 29.1 Å². The second-order valence-corrected chi connectivity index (χ2v) is 4.04. The molecule has 2 aromatic rings. The summed E-state index contributed by atoms with van der Waals surface area (Å²) in [4.78, 5) is 23.1. The van der Waals surface area contributed by atoms with Gasteiger partial charge >= 0.3 is 0 Å². The van der Waals surface area contributed by atoms with Gasteiger partial charge in [0, 0.05) is 5.56 Å². The van der Waals surface area contributed by atoms with Gasteiger partial charge in [-0.25, -0.2) is 10.9 Å². The van der Waals surface area contributed by atoms with Crippen molar-refractivity contribution in [3.63, 3.8) is 0 Å². The number of aromatic amines is 1. The Labute approximate surface area is 119 Å². The van der Waals surface area contributed by atoms with Crippen molar-refractivity contribution >= 4 is 5.91 Å². The summed E-state index contributed by atoms with van der Waals surface area (Å²) in [5.41, 5.74) is 2.05. The minimum atomic E-state index is -0.707. The average Bonchev–Trinajstić information content (AvgIpc) is 2.54. The SMILES string of the molecule is COc1ccc(OC)c(-c2cc(C(=O)NN)c(=O)[nH]n2)c1. The van der Waals surface area contributed by atoms with E-state index in [1.807, 2.05) is 5.43 Å². The monoisotopic (exact) mass is 290 g/mol. The molecule has 0 radical (unpaired) electrons. The van der Waals surface area contributed by atoms with E-state index >= 15 is 0 Å². The van der Waals surface area contributed by atoms with Crippen molar-refractivity contribution < 1.29 is 14.3 Å². The Hall–Kier alpha value is -2.87. The molecular formula is C13H14N4O4. The van der Waals surface area contributed by atoms with E-state index in [0.29, 0.717) is 22.8 Å². The van der Waals surface area contributed by atoms with Gasteiger partial charge in [-0.1, -0.05) is 0 Å². The molecule has 0 atom stereocenters. The highest BCUT2D eigenvalue weighted by Gasteiger charge is 2.15. The number of hydrazine groups is 1. The summed E-state index contributed by atoms with van der Waals surface area (Å²) in [6.07, 6.45) is 0. The molecule has 1 amide bonds. The highest BCUT2D eigenvalue weighted by Crippen LogP contribution is 2.31. The maximum absolute atomic E-state index is 11.6. The normalized spacial score (nSPS) is 10.0. The Morgan fingerprint density at radius 3 is 2.67 bits per heavy atom. The molecule has 0 bridgehead atoms. The molecule has 0 aliphatic heterocycles. The molecule has 1 heterocycles. The zero-order chi connectivity index (χ0) is 15.4. The van der Waals surface area contributed by atoms with Crippen LogP contribution < -0.4 is 26.3 Å². The zero-order valence-corrected chi connectivity index (χ0v) is 11.5. The Morgan fingerprint density at radius 2 is 2.05 bits per heavy atom. The fourth-order valence-corrected chi connectivity index (χ4v) is 1.80. The summed E-state index contributed by atoms with van der Waals surface area (Å²) >= 11 is 0. The van der Waals surface area contributed by atoms with Crippen molar-refractivity contribution in [3.05, 3.63) is 40.2 Å². The van der Waals surface area contributed by atoms with Crippen LogP contribution in [0.25, 0.3) is 11.3 Å². The van der Waals surface area contributed by atoms with E-state index in [9.17, 15) is 9.59 Å². The molecule has 0 aliphatic carbocycles. The van der Waals surface area contributed by atoms with Gasteiger partial charge in [-0.05, 0) is 24.3 Å². The zero-order valence-electron chi connectivity index (χ0n) is 11.5. The molecule has 1 aromatic heterocycles. The number of methoxy groups -OCH3 is 2. The smallest absolute Gasteiger partial charge is 0.277 e. The molecule has 0 unspecified atom stereocenters. The third-order valence-corrected chi connectivity index (χ3v) is 2.86. The molecule has 0 spiro atoms. The molecule has 8 heteroatoms. The maximum atomic E-state index is 11.6. The number of nitrogens with one attached hydrogen (secondary N) is 2. The predicted molar refractivity (Wildman–Crippen MR) is 75.1 cm³/mol. The molecule has 0 fully saturated rings. The number of nitrogens with two attached hydrogens (primary N) is 1. The topological polar surface area (TPSA) is 119 Å². The van der Waals surface area contributed by atoms with E-state index in [0.717, 1.165) is 0 Å². The lowest BCUT2D eigenvalue weighted by atomic mass is 10.1. The summed E-state index contributed by atoms with van der Waals surface area (Å²) in [6.45, 7) is 0. The number of aromatic nitrogens is 2. The second kappa shape index (κ2) is 6.06. The van der Waals surface area contributed by atoms with Gasteiger partial charge < -0.3 is 9.47 Å². The molecule has 21 heavy (non-hydrogen) atoms. The number of ether oxygens (including phenoxy) is 2. The van der Waals surface area contributed by atoms with Crippen LogP contribution in [0.5, 0.6) is 11.5 Å². The fourth-order valence-electron chi connectivity index (χ4n) is 1.80. The van der Waals surface area contributed by atoms with Crippen LogP contribution in [0.3, 0.4) is 0 Å². The van der Waals surface area contributed by atoms with E-state index in [1.54, 1.807) is 18.2 Å². The Bertz CT molecular complexity index is 726. The summed E-state index contributed by atoms with van der Waals surface area (Å²) in [5.74, 6) is 5.45. The summed E-state index contributed by atoms with van der Waals surface area (Å²) in [7, 11) is 3.03. The van der Waals surface area contributed by atoms with Crippen LogP contribution in [0, 0.1) is 0 Å². The third-order valence-electron chi connectivity index (χ3n) is 2.86. The van der Waals surface area contributed by atoms with E-state index < -0.39 is 11.5 Å². The van der Waals surface area contributed by atoms with Crippen molar-refractivity contribution in [2.24, 2.45) is 5.84 Å². The van der Waals surface area contributed by atoms with Crippen LogP contribution >= 0.6 is 0 Å². The number of nitrogens with zero attached hydrogens (tertiary/aromatic N) is 1. The van der Waals surface area contributed by atoms with E-state index in [1.165, 1.54) is 20.3 Å². The summed E-state index contributed by atoms with van der Waals surface area (Å²) < 4.78 is 10.4. The lowest BCUT2D eigenvalue weighted by Gasteiger charge is -2.10. The number of nitrogen functional groups attached to an aromatic ring is 1. The number of carbonyl (C=O) groups excluding carboxylic acids is 1.